The molecule has 0 fully saturated rings. The second kappa shape index (κ2) is 3.21. The summed E-state index contributed by atoms with van der Waals surface area (Å²) in [6.07, 6.45) is 1.48. The molecule has 0 aliphatic carbocycles. The van der Waals surface area contributed by atoms with Crippen LogP contribution in [0, 0.1) is 0 Å². The number of rotatable bonds is 2. The largest absolute Gasteiger partial charge is 0.442 e. The summed E-state index contributed by atoms with van der Waals surface area (Å²) < 4.78 is 0. The minimum absolute atomic E-state index is 0.108. The minimum atomic E-state index is -0.560. The van der Waals surface area contributed by atoms with Gasteiger partial charge in [-0.3, -0.25) is 0 Å². The molecule has 0 unspecified atom stereocenters. The summed E-state index contributed by atoms with van der Waals surface area (Å²) in [6.45, 7) is 3.26. The predicted molar refractivity (Wildman–Crippen MR) is 25.3 cm³/mol. The van der Waals surface area contributed by atoms with Crippen LogP contribution in [0.15, 0.2) is 12.7 Å². The van der Waals surface area contributed by atoms with Crippen LogP contribution >= 0.6 is 0 Å². The fourth-order valence-electron chi connectivity index (χ4n) is 0.164. The van der Waals surface area contributed by atoms with E-state index in [-0.39, 0.29) is 6.42 Å². The molecular weight excluding hydrogens is 92.1 g/mol. The molecule has 1 radical (unpaired) electrons. The third-order valence-electron chi connectivity index (χ3n) is 0.430. The summed E-state index contributed by atoms with van der Waals surface area (Å²) in [7, 11) is 0. The zero-order chi connectivity index (χ0) is 5.70. The normalized spacial score (nSPS) is 7.43. The highest BCUT2D eigenvalue weighted by Crippen LogP contribution is 1.75. The monoisotopic (exact) mass is 97.0 g/mol. The Bertz CT molecular complexity index is 97.9. The fourth-order valence-corrected chi connectivity index (χ4v) is 0.164. The first-order valence-corrected chi connectivity index (χ1v) is 1.80. The molecule has 0 N–H and O–H groups in total. The Balaban J connectivity index is 3.36. The zero-order valence-corrected chi connectivity index (χ0v) is 3.79. The molecule has 0 aliphatic heterocycles. The highest BCUT2D eigenvalue weighted by atomic mass is 16.1. The molecule has 7 heavy (non-hydrogen) atoms. The molecule has 0 rings (SSSR count). The number of carbonyl (C=O) groups is 1. The van der Waals surface area contributed by atoms with E-state index in [4.69, 9.17) is 5.53 Å². The molecule has 0 aliphatic rings. The van der Waals surface area contributed by atoms with Gasteiger partial charge in [-0.2, -0.15) is 0 Å². The van der Waals surface area contributed by atoms with E-state index in [2.05, 4.69) is 11.7 Å². The molecule has 0 aromatic heterocycles. The first kappa shape index (κ1) is 6.01. The predicted octanol–water partition coefficient (Wildman–Crippen LogP) is 0.446. The number of carbonyl (C=O) groups excluding carboxylic acids is 1. The summed E-state index contributed by atoms with van der Waals surface area (Å²) in [4.78, 5) is 9.92. The highest BCUT2D eigenvalue weighted by molar-refractivity contribution is 5.75. The van der Waals surface area contributed by atoms with Crippen LogP contribution in [0.4, 0.5) is 0 Å². The lowest BCUT2D eigenvalue weighted by molar-refractivity contribution is -0.118. The van der Waals surface area contributed by atoms with Gasteiger partial charge in [-0.15, -0.1) is 6.58 Å². The van der Waals surface area contributed by atoms with Crippen molar-refractivity contribution in [3.63, 3.8) is 0 Å². The molecule has 1 amide bonds. The number of amides is 1. The molecule has 37 valence electrons. The molecule has 0 aromatic carbocycles. The average Bonchev–Trinajstić information content (AvgIpc) is 1.68. The van der Waals surface area contributed by atoms with Gasteiger partial charge < -0.3 is 5.53 Å². The minimum Gasteiger partial charge on any atom is -0.421 e. The second-order valence-corrected chi connectivity index (χ2v) is 0.987. The summed E-state index contributed by atoms with van der Waals surface area (Å²) >= 11 is 0. The molecular formula is C4H5N2O. The molecule has 0 saturated carbocycles. The van der Waals surface area contributed by atoms with Gasteiger partial charge in [-0.25, -0.2) is 4.79 Å². The SMILES string of the molecule is C=CCC(=O)[N+]=[N-]. The first-order valence-electron chi connectivity index (χ1n) is 1.80. The maximum absolute atomic E-state index is 9.92. The van der Waals surface area contributed by atoms with Gasteiger partial charge in [0.25, 0.3) is 0 Å². The van der Waals surface area contributed by atoms with Crippen molar-refractivity contribution >= 4 is 5.91 Å². The number of hydrogen-bond donors (Lipinski definition) is 0. The molecule has 0 atom stereocenters. The van der Waals surface area contributed by atoms with Gasteiger partial charge in [-0.05, 0) is 0 Å². The Morgan fingerprint density at radius 3 is 2.71 bits per heavy atom. The van der Waals surface area contributed by atoms with E-state index < -0.39 is 5.91 Å². The van der Waals surface area contributed by atoms with Crippen LogP contribution in [0.5, 0.6) is 0 Å². The van der Waals surface area contributed by atoms with Crippen molar-refractivity contribution in [3.05, 3.63) is 18.2 Å². The Labute approximate surface area is 41.5 Å². The quantitative estimate of drug-likeness (QED) is 0.364. The Morgan fingerprint density at radius 2 is 2.57 bits per heavy atom. The Morgan fingerprint density at radius 1 is 2.00 bits per heavy atom. The van der Waals surface area contributed by atoms with E-state index in [0.29, 0.717) is 0 Å². The lowest BCUT2D eigenvalue weighted by atomic mass is 10.4. The summed E-state index contributed by atoms with van der Waals surface area (Å²) in [6, 6.07) is 0. The molecule has 3 nitrogen and oxygen atoms in total. The molecule has 0 bridgehead atoms. The molecule has 0 spiro atoms. The van der Waals surface area contributed by atoms with Crippen LogP contribution < -0.4 is 5.11 Å². The van der Waals surface area contributed by atoms with Crippen LogP contribution in [0.3, 0.4) is 0 Å². The highest BCUT2D eigenvalue weighted by Gasteiger charge is 1.99. The standard InChI is InChI=1S/C4H5N2O/c1-2-3-4(7)6-5/h2H,1,3H2. The van der Waals surface area contributed by atoms with Crippen LogP contribution in [0.2, 0.25) is 0 Å². The van der Waals surface area contributed by atoms with Crippen molar-refractivity contribution in [2.75, 3.05) is 0 Å². The molecule has 0 aromatic rings. The molecule has 0 saturated heterocycles. The van der Waals surface area contributed by atoms with Crippen LogP contribution in [-0.2, 0) is 4.79 Å². The van der Waals surface area contributed by atoms with Crippen molar-refractivity contribution in [2.45, 2.75) is 6.42 Å². The van der Waals surface area contributed by atoms with Gasteiger partial charge in [-0.1, -0.05) is 6.08 Å². The topological polar surface area (TPSA) is 53.5 Å². The first-order chi connectivity index (χ1) is 3.31. The Kier molecular flexibility index (Phi) is 2.76. The van der Waals surface area contributed by atoms with Gasteiger partial charge >= 0.3 is 5.91 Å². The van der Waals surface area contributed by atoms with E-state index in [9.17, 15) is 4.79 Å². The Hall–Kier alpha value is -0.990. The maximum atomic E-state index is 9.92. The average molecular weight is 97.1 g/mol. The van der Waals surface area contributed by atoms with Gasteiger partial charge in [0.1, 0.15) is 0 Å². The lowest BCUT2D eigenvalue weighted by Crippen LogP contribution is -1.97. The maximum Gasteiger partial charge on any atom is 0.442 e. The molecule has 0 heterocycles. The summed E-state index contributed by atoms with van der Waals surface area (Å²) in [5.74, 6) is -0.560. The van der Waals surface area contributed by atoms with Gasteiger partial charge in [0, 0.05) is 5.11 Å². The second-order valence-electron chi connectivity index (χ2n) is 0.987. The summed E-state index contributed by atoms with van der Waals surface area (Å²) in [5, 5.41) is 2.37. The number of nitrogens with zero attached hydrogens (tertiary/aromatic N) is 2. The van der Waals surface area contributed by atoms with Crippen LogP contribution in [0.25, 0.3) is 5.53 Å². The van der Waals surface area contributed by atoms with Crippen LogP contribution in [-0.4, -0.2) is 5.91 Å². The van der Waals surface area contributed by atoms with E-state index >= 15 is 0 Å². The van der Waals surface area contributed by atoms with Gasteiger partial charge in [0.15, 0.2) is 0 Å². The van der Waals surface area contributed by atoms with E-state index in [1.807, 2.05) is 0 Å². The fraction of sp³-hybridized carbons (Fsp3) is 0.250. The van der Waals surface area contributed by atoms with E-state index in [1.54, 1.807) is 0 Å². The van der Waals surface area contributed by atoms with Crippen molar-refractivity contribution in [1.82, 2.24) is 5.11 Å². The van der Waals surface area contributed by atoms with Crippen molar-refractivity contribution < 1.29 is 4.79 Å². The number of hydrogen-bond acceptors (Lipinski definition) is 1. The third-order valence-corrected chi connectivity index (χ3v) is 0.430. The van der Waals surface area contributed by atoms with Crippen LogP contribution in [0.1, 0.15) is 6.42 Å². The van der Waals surface area contributed by atoms with Gasteiger partial charge in [0.05, 0.1) is 6.42 Å². The van der Waals surface area contributed by atoms with E-state index in [0.717, 1.165) is 0 Å². The van der Waals surface area contributed by atoms with Crippen molar-refractivity contribution in [1.29, 1.82) is 0 Å². The van der Waals surface area contributed by atoms with Gasteiger partial charge in [0.2, 0.25) is 0 Å². The lowest BCUT2D eigenvalue weighted by Gasteiger charge is -1.68. The zero-order valence-electron chi connectivity index (χ0n) is 3.79. The van der Waals surface area contributed by atoms with E-state index in [1.165, 1.54) is 6.08 Å². The smallest absolute Gasteiger partial charge is 0.421 e. The summed E-state index contributed by atoms with van der Waals surface area (Å²) in [5.41, 5.74) is 7.69. The van der Waals surface area contributed by atoms with Crippen molar-refractivity contribution in [2.24, 2.45) is 0 Å². The molecule has 3 heteroatoms. The third kappa shape index (κ3) is 2.82. The van der Waals surface area contributed by atoms with Crippen molar-refractivity contribution in [3.8, 4) is 0 Å².